The van der Waals surface area contributed by atoms with Crippen molar-refractivity contribution in [2.45, 2.75) is 30.8 Å². The van der Waals surface area contributed by atoms with Crippen molar-refractivity contribution in [1.82, 2.24) is 9.21 Å². The monoisotopic (exact) mass is 486 g/mol. The van der Waals surface area contributed by atoms with Crippen LogP contribution in [0.4, 0.5) is 0 Å². The molecule has 0 aliphatic carbocycles. The molecule has 2 heterocycles. The Morgan fingerprint density at radius 1 is 0.941 bits per heavy atom. The van der Waals surface area contributed by atoms with Gasteiger partial charge in [0, 0.05) is 31.7 Å². The third-order valence-electron chi connectivity index (χ3n) is 6.34. The van der Waals surface area contributed by atoms with Crippen LogP contribution in [0.25, 0.3) is 0 Å². The van der Waals surface area contributed by atoms with Crippen LogP contribution < -0.4 is 0 Å². The summed E-state index contributed by atoms with van der Waals surface area (Å²) in [7, 11) is -3.61. The van der Waals surface area contributed by atoms with E-state index in [0.29, 0.717) is 50.9 Å². The number of carbonyl (C=O) groups is 2. The Balaban J connectivity index is 1.50. The molecule has 4 rings (SSSR count). The van der Waals surface area contributed by atoms with E-state index in [1.807, 2.05) is 6.07 Å². The Hall–Kier alpha value is -2.75. The molecule has 182 valence electrons. The van der Waals surface area contributed by atoms with E-state index in [-0.39, 0.29) is 16.4 Å². The Morgan fingerprint density at radius 3 is 2.18 bits per heavy atom. The summed E-state index contributed by atoms with van der Waals surface area (Å²) in [6.45, 7) is 4.85. The molecule has 0 bridgehead atoms. The molecule has 2 saturated heterocycles. The van der Waals surface area contributed by atoms with Gasteiger partial charge in [0.25, 0.3) is 5.91 Å². The third-order valence-corrected chi connectivity index (χ3v) is 8.26. The fraction of sp³-hybridized carbons (Fsp3) is 0.440. The lowest BCUT2D eigenvalue weighted by molar-refractivity contribution is -0.145. The lowest BCUT2D eigenvalue weighted by atomic mass is 10.0. The average Bonchev–Trinajstić information content (AvgIpc) is 2.88. The van der Waals surface area contributed by atoms with Crippen molar-refractivity contribution < 1.29 is 27.5 Å². The van der Waals surface area contributed by atoms with Crippen LogP contribution in [0.3, 0.4) is 0 Å². The number of piperidine rings is 1. The number of sulfonamides is 1. The Labute approximate surface area is 200 Å². The molecule has 0 N–H and O–H groups in total. The summed E-state index contributed by atoms with van der Waals surface area (Å²) in [5.41, 5.74) is 0.757. The molecular formula is C25H30N2O6S. The first kappa shape index (κ1) is 24.4. The highest BCUT2D eigenvalue weighted by Gasteiger charge is 2.32. The van der Waals surface area contributed by atoms with E-state index in [9.17, 15) is 18.0 Å². The molecule has 9 heteroatoms. The number of esters is 1. The van der Waals surface area contributed by atoms with Crippen molar-refractivity contribution in [2.24, 2.45) is 5.92 Å². The van der Waals surface area contributed by atoms with E-state index in [4.69, 9.17) is 9.47 Å². The van der Waals surface area contributed by atoms with Gasteiger partial charge in [-0.25, -0.2) is 13.2 Å². The summed E-state index contributed by atoms with van der Waals surface area (Å²) in [5, 5.41) is 0. The predicted octanol–water partition coefficient (Wildman–Crippen LogP) is 2.86. The van der Waals surface area contributed by atoms with Gasteiger partial charge >= 0.3 is 5.97 Å². The number of rotatable bonds is 6. The van der Waals surface area contributed by atoms with Gasteiger partial charge in [0.2, 0.25) is 16.1 Å². The standard InChI is InChI=1S/C25H30N2O6S/c1-19-11-13-27(14-12-19)34(30,31)22-9-7-21(8-10-22)25(29)33-23(20-5-3-2-4-6-20)24(28)26-15-17-32-18-16-26/h2-10,19,23H,11-18H2,1H3. The quantitative estimate of drug-likeness (QED) is 0.583. The second-order valence-electron chi connectivity index (χ2n) is 8.74. The minimum Gasteiger partial charge on any atom is -0.444 e. The van der Waals surface area contributed by atoms with Gasteiger partial charge in [-0.2, -0.15) is 4.31 Å². The van der Waals surface area contributed by atoms with E-state index in [1.54, 1.807) is 29.2 Å². The van der Waals surface area contributed by atoms with Crippen molar-refractivity contribution in [2.75, 3.05) is 39.4 Å². The fourth-order valence-corrected chi connectivity index (χ4v) is 5.62. The van der Waals surface area contributed by atoms with Crippen LogP contribution in [-0.4, -0.2) is 68.9 Å². The molecule has 34 heavy (non-hydrogen) atoms. The van der Waals surface area contributed by atoms with Crippen LogP contribution in [0.15, 0.2) is 59.5 Å². The highest BCUT2D eigenvalue weighted by molar-refractivity contribution is 7.89. The number of amides is 1. The summed E-state index contributed by atoms with van der Waals surface area (Å²) in [6.07, 6.45) is 0.578. The molecule has 1 amide bonds. The number of hydrogen-bond acceptors (Lipinski definition) is 6. The predicted molar refractivity (Wildman–Crippen MR) is 126 cm³/mol. The van der Waals surface area contributed by atoms with Crippen molar-refractivity contribution in [3.05, 3.63) is 65.7 Å². The SMILES string of the molecule is CC1CCN(S(=O)(=O)c2ccc(C(=O)OC(C(=O)N3CCOCC3)c3ccccc3)cc2)CC1. The lowest BCUT2D eigenvalue weighted by Crippen LogP contribution is -2.44. The van der Waals surface area contributed by atoms with Crippen LogP contribution in [0.5, 0.6) is 0 Å². The van der Waals surface area contributed by atoms with Crippen LogP contribution >= 0.6 is 0 Å². The first-order valence-corrected chi connectivity index (χ1v) is 13.0. The van der Waals surface area contributed by atoms with Gasteiger partial charge in [-0.15, -0.1) is 0 Å². The van der Waals surface area contributed by atoms with E-state index in [1.165, 1.54) is 28.6 Å². The highest BCUT2D eigenvalue weighted by Crippen LogP contribution is 2.25. The van der Waals surface area contributed by atoms with E-state index < -0.39 is 22.1 Å². The van der Waals surface area contributed by atoms with Gasteiger partial charge < -0.3 is 14.4 Å². The summed E-state index contributed by atoms with van der Waals surface area (Å²) < 4.78 is 38.4. The van der Waals surface area contributed by atoms with Gasteiger partial charge in [0.1, 0.15) is 0 Å². The average molecular weight is 487 g/mol. The molecule has 0 radical (unpaired) electrons. The zero-order valence-corrected chi connectivity index (χ0v) is 20.1. The Kier molecular flexibility index (Phi) is 7.65. The van der Waals surface area contributed by atoms with Crippen molar-refractivity contribution in [3.63, 3.8) is 0 Å². The summed E-state index contributed by atoms with van der Waals surface area (Å²) in [4.78, 5) is 27.9. The smallest absolute Gasteiger partial charge is 0.339 e. The number of nitrogens with zero attached hydrogens (tertiary/aromatic N) is 2. The highest BCUT2D eigenvalue weighted by atomic mass is 32.2. The number of ether oxygens (including phenoxy) is 2. The third kappa shape index (κ3) is 5.48. The van der Waals surface area contributed by atoms with Crippen LogP contribution in [-0.2, 0) is 24.3 Å². The molecule has 2 fully saturated rings. The molecule has 0 saturated carbocycles. The molecule has 1 atom stereocenters. The molecule has 2 aromatic rings. The maximum Gasteiger partial charge on any atom is 0.339 e. The molecule has 8 nitrogen and oxygen atoms in total. The maximum absolute atomic E-state index is 13.2. The maximum atomic E-state index is 13.2. The lowest BCUT2D eigenvalue weighted by Gasteiger charge is -2.30. The van der Waals surface area contributed by atoms with Gasteiger partial charge in [0.15, 0.2) is 0 Å². The second kappa shape index (κ2) is 10.7. The minimum atomic E-state index is -3.61. The van der Waals surface area contributed by atoms with E-state index >= 15 is 0 Å². The minimum absolute atomic E-state index is 0.141. The molecule has 2 aliphatic rings. The van der Waals surface area contributed by atoms with Gasteiger partial charge in [-0.1, -0.05) is 37.3 Å². The topological polar surface area (TPSA) is 93.2 Å². The van der Waals surface area contributed by atoms with Crippen molar-refractivity contribution in [3.8, 4) is 0 Å². The number of hydrogen-bond donors (Lipinski definition) is 0. The van der Waals surface area contributed by atoms with Crippen molar-refractivity contribution in [1.29, 1.82) is 0 Å². The number of carbonyl (C=O) groups excluding carboxylic acids is 2. The van der Waals surface area contributed by atoms with E-state index in [2.05, 4.69) is 6.92 Å². The first-order valence-electron chi connectivity index (χ1n) is 11.6. The first-order chi connectivity index (χ1) is 16.4. The van der Waals surface area contributed by atoms with Crippen LogP contribution in [0.1, 0.15) is 41.8 Å². The normalized spacial score (nSPS) is 18.9. The summed E-state index contributed by atoms with van der Waals surface area (Å²) in [6, 6.07) is 14.6. The second-order valence-corrected chi connectivity index (χ2v) is 10.7. The number of benzene rings is 2. The summed E-state index contributed by atoms with van der Waals surface area (Å²) >= 11 is 0. The molecule has 2 aliphatic heterocycles. The zero-order chi connectivity index (χ0) is 24.1. The Morgan fingerprint density at radius 2 is 1.56 bits per heavy atom. The molecule has 2 aromatic carbocycles. The molecule has 0 aromatic heterocycles. The Bertz CT molecular complexity index is 1090. The van der Waals surface area contributed by atoms with Gasteiger partial charge in [-0.3, -0.25) is 4.79 Å². The van der Waals surface area contributed by atoms with Gasteiger partial charge in [0.05, 0.1) is 23.7 Å². The summed E-state index contributed by atoms with van der Waals surface area (Å²) in [5.74, 6) is -0.478. The molecule has 0 spiro atoms. The van der Waals surface area contributed by atoms with Crippen molar-refractivity contribution >= 4 is 21.9 Å². The fourth-order valence-electron chi connectivity index (χ4n) is 4.15. The molecule has 1 unspecified atom stereocenters. The van der Waals surface area contributed by atoms with Crippen LogP contribution in [0.2, 0.25) is 0 Å². The van der Waals surface area contributed by atoms with E-state index in [0.717, 1.165) is 12.8 Å². The van der Waals surface area contributed by atoms with Crippen LogP contribution in [0, 0.1) is 5.92 Å². The largest absolute Gasteiger partial charge is 0.444 e. The molecular weight excluding hydrogens is 456 g/mol. The van der Waals surface area contributed by atoms with Gasteiger partial charge in [-0.05, 0) is 43.0 Å². The zero-order valence-electron chi connectivity index (χ0n) is 19.3. The number of morpholine rings is 1.